The Balaban J connectivity index is 2.62. The van der Waals surface area contributed by atoms with Crippen LogP contribution in [0.3, 0.4) is 0 Å². The van der Waals surface area contributed by atoms with Gasteiger partial charge in [-0.1, -0.05) is 15.9 Å². The summed E-state index contributed by atoms with van der Waals surface area (Å²) in [6, 6.07) is 5.53. The number of rotatable bonds is 1. The summed E-state index contributed by atoms with van der Waals surface area (Å²) in [5.41, 5.74) is -0.703. The van der Waals surface area contributed by atoms with E-state index in [1.807, 2.05) is 0 Å². The minimum atomic E-state index is -4.40. The van der Waals surface area contributed by atoms with Crippen molar-refractivity contribution in [2.75, 3.05) is 0 Å². The Kier molecular flexibility index (Phi) is 2.75. The summed E-state index contributed by atoms with van der Waals surface area (Å²) in [4.78, 5) is 0. The fourth-order valence-corrected chi connectivity index (χ4v) is 1.71. The van der Waals surface area contributed by atoms with E-state index in [9.17, 15) is 13.2 Å². The monoisotopic (exact) mass is 290 g/mol. The molecule has 2 rings (SSSR count). The predicted molar refractivity (Wildman–Crippen MR) is 56.3 cm³/mol. The maximum absolute atomic E-state index is 12.8. The zero-order valence-corrected chi connectivity index (χ0v) is 9.46. The van der Waals surface area contributed by atoms with Crippen LogP contribution in [0.4, 0.5) is 13.2 Å². The third-order valence-corrected chi connectivity index (χ3v) is 2.51. The van der Waals surface area contributed by atoms with Crippen molar-refractivity contribution in [2.24, 2.45) is 0 Å². The molecule has 1 aromatic carbocycles. The van der Waals surface area contributed by atoms with E-state index in [2.05, 4.69) is 21.0 Å². The van der Waals surface area contributed by atoms with Gasteiger partial charge in [-0.2, -0.15) is 18.3 Å². The molecule has 1 heterocycles. The highest BCUT2D eigenvalue weighted by molar-refractivity contribution is 9.10. The summed E-state index contributed by atoms with van der Waals surface area (Å²) in [5.74, 6) is 0. The Morgan fingerprint density at radius 3 is 2.56 bits per heavy atom. The van der Waals surface area contributed by atoms with Crippen molar-refractivity contribution in [3.05, 3.63) is 46.7 Å². The molecule has 2 nitrogen and oxygen atoms in total. The average molecular weight is 291 g/mol. The number of halogens is 4. The summed E-state index contributed by atoms with van der Waals surface area (Å²) in [7, 11) is 0. The lowest BCUT2D eigenvalue weighted by Crippen LogP contribution is -2.11. The Bertz CT molecular complexity index is 491. The number of aromatic nitrogens is 2. The number of hydrogen-bond acceptors (Lipinski definition) is 1. The lowest BCUT2D eigenvalue weighted by atomic mass is 10.1. The van der Waals surface area contributed by atoms with Crippen LogP contribution < -0.4 is 0 Å². The van der Waals surface area contributed by atoms with Crippen LogP contribution in [0.15, 0.2) is 41.1 Å². The topological polar surface area (TPSA) is 17.8 Å². The van der Waals surface area contributed by atoms with Gasteiger partial charge in [0.15, 0.2) is 0 Å². The van der Waals surface area contributed by atoms with Crippen LogP contribution >= 0.6 is 15.9 Å². The van der Waals surface area contributed by atoms with Crippen LogP contribution in [-0.2, 0) is 6.18 Å². The molecule has 0 saturated heterocycles. The second kappa shape index (κ2) is 3.93. The maximum atomic E-state index is 12.8. The molecular formula is C10H6BrF3N2. The molecule has 0 aliphatic carbocycles. The third kappa shape index (κ3) is 2.11. The van der Waals surface area contributed by atoms with Gasteiger partial charge in [0, 0.05) is 16.9 Å². The van der Waals surface area contributed by atoms with Crippen molar-refractivity contribution in [2.45, 2.75) is 6.18 Å². The van der Waals surface area contributed by atoms with Crippen LogP contribution in [0, 0.1) is 0 Å². The van der Waals surface area contributed by atoms with Crippen molar-refractivity contribution in [1.29, 1.82) is 0 Å². The highest BCUT2D eigenvalue weighted by Crippen LogP contribution is 2.35. The van der Waals surface area contributed by atoms with Crippen LogP contribution in [0.25, 0.3) is 5.69 Å². The molecule has 0 N–H and O–H groups in total. The van der Waals surface area contributed by atoms with Crippen molar-refractivity contribution < 1.29 is 13.2 Å². The molecule has 0 aliphatic heterocycles. The predicted octanol–water partition coefficient (Wildman–Crippen LogP) is 3.65. The Labute approximate surface area is 97.8 Å². The Morgan fingerprint density at radius 2 is 2.00 bits per heavy atom. The van der Waals surface area contributed by atoms with Gasteiger partial charge in [0.1, 0.15) is 0 Å². The van der Waals surface area contributed by atoms with Crippen LogP contribution in [-0.4, -0.2) is 9.78 Å². The standard InChI is InChI=1S/C10H6BrF3N2/c11-7-2-3-9(16-5-1-4-15-16)8(6-7)10(12,13)14/h1-6H. The molecular weight excluding hydrogens is 285 g/mol. The van der Waals surface area contributed by atoms with Gasteiger partial charge in [0.05, 0.1) is 11.3 Å². The van der Waals surface area contributed by atoms with Gasteiger partial charge in [0.25, 0.3) is 0 Å². The number of nitrogens with zero attached hydrogens (tertiary/aromatic N) is 2. The number of hydrogen-bond donors (Lipinski definition) is 0. The summed E-state index contributed by atoms with van der Waals surface area (Å²) < 4.78 is 39.8. The van der Waals surface area contributed by atoms with Gasteiger partial charge in [0.2, 0.25) is 0 Å². The van der Waals surface area contributed by atoms with Gasteiger partial charge < -0.3 is 0 Å². The molecule has 0 aliphatic rings. The van der Waals surface area contributed by atoms with Crippen molar-refractivity contribution in [3.8, 4) is 5.69 Å². The SMILES string of the molecule is FC(F)(F)c1cc(Br)ccc1-n1cccn1. The summed E-state index contributed by atoms with van der Waals surface area (Å²) >= 11 is 3.02. The molecule has 0 saturated carbocycles. The normalized spacial score (nSPS) is 11.8. The van der Waals surface area contributed by atoms with Crippen LogP contribution in [0.1, 0.15) is 5.56 Å². The Morgan fingerprint density at radius 1 is 1.25 bits per heavy atom. The molecule has 0 radical (unpaired) electrons. The highest BCUT2D eigenvalue weighted by Gasteiger charge is 2.34. The Hall–Kier alpha value is -1.30. The fraction of sp³-hybridized carbons (Fsp3) is 0.100. The molecule has 16 heavy (non-hydrogen) atoms. The van der Waals surface area contributed by atoms with E-state index in [0.29, 0.717) is 4.47 Å². The van der Waals surface area contributed by atoms with Gasteiger partial charge in [-0.05, 0) is 24.3 Å². The van der Waals surface area contributed by atoms with Gasteiger partial charge in [-0.25, -0.2) is 4.68 Å². The summed E-state index contributed by atoms with van der Waals surface area (Å²) in [6.07, 6.45) is -1.49. The lowest BCUT2D eigenvalue weighted by molar-refractivity contribution is -0.137. The molecule has 0 unspecified atom stereocenters. The zero-order chi connectivity index (χ0) is 11.8. The highest BCUT2D eigenvalue weighted by atomic mass is 79.9. The number of benzene rings is 1. The van der Waals surface area contributed by atoms with Gasteiger partial charge in [-0.3, -0.25) is 0 Å². The summed E-state index contributed by atoms with van der Waals surface area (Å²) in [5, 5.41) is 3.79. The zero-order valence-electron chi connectivity index (χ0n) is 7.87. The molecule has 6 heteroatoms. The second-order valence-corrected chi connectivity index (χ2v) is 4.03. The second-order valence-electron chi connectivity index (χ2n) is 3.11. The van der Waals surface area contributed by atoms with E-state index in [1.165, 1.54) is 23.1 Å². The van der Waals surface area contributed by atoms with Gasteiger partial charge in [-0.15, -0.1) is 0 Å². The average Bonchev–Trinajstić information content (AvgIpc) is 2.69. The molecule has 0 spiro atoms. The largest absolute Gasteiger partial charge is 0.418 e. The van der Waals surface area contributed by atoms with E-state index in [-0.39, 0.29) is 5.69 Å². The maximum Gasteiger partial charge on any atom is 0.418 e. The van der Waals surface area contributed by atoms with Crippen molar-refractivity contribution >= 4 is 15.9 Å². The minimum absolute atomic E-state index is 0.0145. The fourth-order valence-electron chi connectivity index (χ4n) is 1.35. The van der Waals surface area contributed by atoms with E-state index in [4.69, 9.17) is 0 Å². The van der Waals surface area contributed by atoms with Crippen molar-refractivity contribution in [1.82, 2.24) is 9.78 Å². The molecule has 0 fully saturated rings. The number of alkyl halides is 3. The first kappa shape index (κ1) is 11.2. The van der Waals surface area contributed by atoms with E-state index in [1.54, 1.807) is 12.1 Å². The first-order valence-electron chi connectivity index (χ1n) is 4.35. The lowest BCUT2D eigenvalue weighted by Gasteiger charge is -2.12. The van der Waals surface area contributed by atoms with Crippen LogP contribution in [0.2, 0.25) is 0 Å². The van der Waals surface area contributed by atoms with E-state index in [0.717, 1.165) is 6.07 Å². The van der Waals surface area contributed by atoms with Crippen molar-refractivity contribution in [3.63, 3.8) is 0 Å². The van der Waals surface area contributed by atoms with E-state index >= 15 is 0 Å². The minimum Gasteiger partial charge on any atom is -0.240 e. The summed E-state index contributed by atoms with van der Waals surface area (Å²) in [6.45, 7) is 0. The quantitative estimate of drug-likeness (QED) is 0.784. The first-order valence-corrected chi connectivity index (χ1v) is 5.14. The molecule has 0 amide bonds. The molecule has 0 atom stereocenters. The van der Waals surface area contributed by atoms with Gasteiger partial charge >= 0.3 is 6.18 Å². The van der Waals surface area contributed by atoms with Crippen LogP contribution in [0.5, 0.6) is 0 Å². The molecule has 2 aromatic rings. The third-order valence-electron chi connectivity index (χ3n) is 2.02. The molecule has 1 aromatic heterocycles. The smallest absolute Gasteiger partial charge is 0.240 e. The molecule has 0 bridgehead atoms. The first-order chi connectivity index (χ1) is 7.48. The molecule has 84 valence electrons. The van der Waals surface area contributed by atoms with E-state index < -0.39 is 11.7 Å².